The molecule has 0 aliphatic carbocycles. The molecule has 2 aromatic rings. The summed E-state index contributed by atoms with van der Waals surface area (Å²) in [6.07, 6.45) is 4.24. The molecule has 0 amide bonds. The maximum Gasteiger partial charge on any atom is 0.155 e. The van der Waals surface area contributed by atoms with Crippen LogP contribution < -0.4 is 11.1 Å². The SMILES string of the molecule is CCc1ccc(CNc2nccnc2C(N)=S)cc1. The Hall–Kier alpha value is -2.01. The molecule has 1 aromatic heterocycles. The van der Waals surface area contributed by atoms with Gasteiger partial charge in [-0.1, -0.05) is 43.4 Å². The van der Waals surface area contributed by atoms with E-state index in [0.717, 1.165) is 6.42 Å². The summed E-state index contributed by atoms with van der Waals surface area (Å²) in [7, 11) is 0. The van der Waals surface area contributed by atoms with Crippen molar-refractivity contribution in [2.45, 2.75) is 19.9 Å². The maximum absolute atomic E-state index is 5.61. The van der Waals surface area contributed by atoms with Crippen LogP contribution in [0.2, 0.25) is 0 Å². The van der Waals surface area contributed by atoms with E-state index in [0.29, 0.717) is 18.1 Å². The van der Waals surface area contributed by atoms with Crippen LogP contribution in [0.4, 0.5) is 5.82 Å². The first-order chi connectivity index (χ1) is 9.20. The molecule has 2 rings (SSSR count). The van der Waals surface area contributed by atoms with Crippen LogP contribution in [0.5, 0.6) is 0 Å². The number of nitrogens with one attached hydrogen (secondary N) is 1. The Morgan fingerprint density at radius 2 is 1.79 bits per heavy atom. The van der Waals surface area contributed by atoms with E-state index >= 15 is 0 Å². The minimum absolute atomic E-state index is 0.247. The van der Waals surface area contributed by atoms with Crippen molar-refractivity contribution >= 4 is 23.0 Å². The second-order valence-corrected chi connectivity index (χ2v) is 4.58. The Labute approximate surface area is 118 Å². The molecule has 0 spiro atoms. The zero-order valence-corrected chi connectivity index (χ0v) is 11.6. The van der Waals surface area contributed by atoms with E-state index < -0.39 is 0 Å². The molecular weight excluding hydrogens is 256 g/mol. The van der Waals surface area contributed by atoms with Gasteiger partial charge in [0, 0.05) is 18.9 Å². The number of benzene rings is 1. The first kappa shape index (κ1) is 13.4. The second-order valence-electron chi connectivity index (χ2n) is 4.14. The van der Waals surface area contributed by atoms with Crippen LogP contribution in [0, 0.1) is 0 Å². The zero-order valence-electron chi connectivity index (χ0n) is 10.8. The van der Waals surface area contributed by atoms with Crippen LogP contribution in [-0.2, 0) is 13.0 Å². The van der Waals surface area contributed by atoms with Gasteiger partial charge in [-0.15, -0.1) is 0 Å². The molecule has 0 bridgehead atoms. The van der Waals surface area contributed by atoms with Crippen LogP contribution in [0.25, 0.3) is 0 Å². The molecule has 3 N–H and O–H groups in total. The number of hydrogen-bond acceptors (Lipinski definition) is 4. The summed E-state index contributed by atoms with van der Waals surface area (Å²) in [5.41, 5.74) is 8.64. The standard InChI is InChI=1S/C14H16N4S/c1-2-10-3-5-11(6-4-10)9-18-14-12(13(15)19)16-7-8-17-14/h3-8H,2,9H2,1H3,(H2,15,19)(H,17,18). The minimum Gasteiger partial charge on any atom is -0.388 e. The third kappa shape index (κ3) is 3.48. The van der Waals surface area contributed by atoms with Gasteiger partial charge in [0.15, 0.2) is 5.82 Å². The summed E-state index contributed by atoms with van der Waals surface area (Å²) in [5.74, 6) is 0.620. The highest BCUT2D eigenvalue weighted by Gasteiger charge is 2.06. The molecule has 98 valence electrons. The Kier molecular flexibility index (Phi) is 4.41. The van der Waals surface area contributed by atoms with Crippen molar-refractivity contribution in [2.75, 3.05) is 5.32 Å². The van der Waals surface area contributed by atoms with Gasteiger partial charge in [0.05, 0.1) is 0 Å². The van der Waals surface area contributed by atoms with Crippen LogP contribution >= 0.6 is 12.2 Å². The molecule has 0 unspecified atom stereocenters. The molecule has 0 atom stereocenters. The fourth-order valence-corrected chi connectivity index (χ4v) is 1.88. The Balaban J connectivity index is 2.07. The van der Waals surface area contributed by atoms with Crippen LogP contribution in [-0.4, -0.2) is 15.0 Å². The fraction of sp³-hybridized carbons (Fsp3) is 0.214. The number of hydrogen-bond donors (Lipinski definition) is 2. The van der Waals surface area contributed by atoms with Gasteiger partial charge in [-0.05, 0) is 17.5 Å². The Morgan fingerprint density at radius 3 is 2.42 bits per heavy atom. The molecule has 5 heteroatoms. The van der Waals surface area contributed by atoms with Crippen molar-refractivity contribution in [3.63, 3.8) is 0 Å². The Morgan fingerprint density at radius 1 is 1.16 bits per heavy atom. The van der Waals surface area contributed by atoms with Gasteiger partial charge in [-0.3, -0.25) is 0 Å². The third-order valence-electron chi connectivity index (χ3n) is 2.82. The molecular formula is C14H16N4S. The summed E-state index contributed by atoms with van der Waals surface area (Å²) >= 11 is 4.95. The number of nitrogens with two attached hydrogens (primary N) is 1. The van der Waals surface area contributed by atoms with Gasteiger partial charge in [0.1, 0.15) is 10.7 Å². The van der Waals surface area contributed by atoms with E-state index in [1.54, 1.807) is 12.4 Å². The monoisotopic (exact) mass is 272 g/mol. The summed E-state index contributed by atoms with van der Waals surface area (Å²) in [4.78, 5) is 8.58. The van der Waals surface area contributed by atoms with E-state index in [2.05, 4.69) is 46.5 Å². The van der Waals surface area contributed by atoms with E-state index in [4.69, 9.17) is 18.0 Å². The van der Waals surface area contributed by atoms with Crippen molar-refractivity contribution in [1.29, 1.82) is 0 Å². The average Bonchev–Trinajstić information content (AvgIpc) is 2.46. The largest absolute Gasteiger partial charge is 0.388 e. The number of aromatic nitrogens is 2. The van der Waals surface area contributed by atoms with Gasteiger partial charge >= 0.3 is 0 Å². The zero-order chi connectivity index (χ0) is 13.7. The number of rotatable bonds is 5. The first-order valence-corrected chi connectivity index (χ1v) is 6.54. The molecule has 4 nitrogen and oxygen atoms in total. The molecule has 0 fully saturated rings. The summed E-state index contributed by atoms with van der Waals surface area (Å²) in [5, 5.41) is 3.21. The number of aryl methyl sites for hydroxylation is 1. The highest BCUT2D eigenvalue weighted by Crippen LogP contribution is 2.11. The lowest BCUT2D eigenvalue weighted by Crippen LogP contribution is -2.16. The molecule has 0 saturated heterocycles. The predicted octanol–water partition coefficient (Wildman–Crippen LogP) is 2.29. The highest BCUT2D eigenvalue weighted by molar-refractivity contribution is 7.80. The average molecular weight is 272 g/mol. The van der Waals surface area contributed by atoms with Crippen LogP contribution in [0.3, 0.4) is 0 Å². The van der Waals surface area contributed by atoms with E-state index in [9.17, 15) is 0 Å². The smallest absolute Gasteiger partial charge is 0.155 e. The van der Waals surface area contributed by atoms with Crippen molar-refractivity contribution in [2.24, 2.45) is 5.73 Å². The second kappa shape index (κ2) is 6.24. The molecule has 0 saturated carbocycles. The van der Waals surface area contributed by atoms with Gasteiger partial charge in [-0.25, -0.2) is 9.97 Å². The number of nitrogens with zero attached hydrogens (tertiary/aromatic N) is 2. The van der Waals surface area contributed by atoms with Crippen molar-refractivity contribution < 1.29 is 0 Å². The lowest BCUT2D eigenvalue weighted by molar-refractivity contribution is 1.07. The summed E-state index contributed by atoms with van der Waals surface area (Å²) in [6.45, 7) is 2.81. The van der Waals surface area contributed by atoms with Gasteiger partial charge < -0.3 is 11.1 Å². The molecule has 1 heterocycles. The molecule has 1 aromatic carbocycles. The third-order valence-corrected chi connectivity index (χ3v) is 3.02. The number of anilines is 1. The maximum atomic E-state index is 5.61. The molecule has 0 aliphatic heterocycles. The van der Waals surface area contributed by atoms with Crippen LogP contribution in [0.1, 0.15) is 23.7 Å². The lowest BCUT2D eigenvalue weighted by atomic mass is 10.1. The van der Waals surface area contributed by atoms with E-state index in [1.807, 2.05) is 0 Å². The van der Waals surface area contributed by atoms with Gasteiger partial charge in [0.2, 0.25) is 0 Å². The van der Waals surface area contributed by atoms with Crippen molar-refractivity contribution in [3.05, 3.63) is 53.5 Å². The Bertz CT molecular complexity index is 566. The van der Waals surface area contributed by atoms with Crippen molar-refractivity contribution in [1.82, 2.24) is 9.97 Å². The molecule has 0 aliphatic rings. The van der Waals surface area contributed by atoms with E-state index in [1.165, 1.54) is 11.1 Å². The topological polar surface area (TPSA) is 63.8 Å². The molecule has 19 heavy (non-hydrogen) atoms. The highest BCUT2D eigenvalue weighted by atomic mass is 32.1. The summed E-state index contributed by atoms with van der Waals surface area (Å²) in [6, 6.07) is 8.45. The summed E-state index contributed by atoms with van der Waals surface area (Å²) < 4.78 is 0. The fourth-order valence-electron chi connectivity index (χ4n) is 1.73. The van der Waals surface area contributed by atoms with Gasteiger partial charge in [0.25, 0.3) is 0 Å². The first-order valence-electron chi connectivity index (χ1n) is 6.13. The predicted molar refractivity (Wildman–Crippen MR) is 81.1 cm³/mol. The normalized spacial score (nSPS) is 10.2. The van der Waals surface area contributed by atoms with Gasteiger partial charge in [-0.2, -0.15) is 0 Å². The van der Waals surface area contributed by atoms with Crippen molar-refractivity contribution in [3.8, 4) is 0 Å². The minimum atomic E-state index is 0.247. The quantitative estimate of drug-likeness (QED) is 0.818. The van der Waals surface area contributed by atoms with Crippen LogP contribution in [0.15, 0.2) is 36.7 Å². The van der Waals surface area contributed by atoms with E-state index in [-0.39, 0.29) is 4.99 Å². The number of thiocarbonyl (C=S) groups is 1. The molecule has 0 radical (unpaired) electrons. The lowest BCUT2D eigenvalue weighted by Gasteiger charge is -2.09.